The van der Waals surface area contributed by atoms with E-state index in [9.17, 15) is 0 Å². The van der Waals surface area contributed by atoms with Gasteiger partial charge in [-0.25, -0.2) is 4.85 Å². The minimum atomic E-state index is 0.238. The van der Waals surface area contributed by atoms with E-state index < -0.39 is 0 Å². The second-order valence-corrected chi connectivity index (χ2v) is 10.3. The van der Waals surface area contributed by atoms with Gasteiger partial charge < -0.3 is 14.0 Å². The molecule has 0 saturated heterocycles. The molecule has 2 aromatic heterocycles. The molecule has 0 atom stereocenters. The number of fused-ring (bicyclic) bond motifs is 9. The number of hydrogen-bond acceptors (Lipinski definition) is 1. The Morgan fingerprint density at radius 2 is 1.29 bits per heavy atom. The van der Waals surface area contributed by atoms with E-state index in [1.54, 1.807) is 0 Å². The summed E-state index contributed by atoms with van der Waals surface area (Å²) in [6.07, 6.45) is 0. The summed E-state index contributed by atoms with van der Waals surface area (Å²) in [5.41, 5.74) is 9.99. The predicted octanol–water partition coefficient (Wildman–Crippen LogP) is 9.29. The first kappa shape index (κ1) is 21.1. The fourth-order valence-corrected chi connectivity index (χ4v) is 6.51. The van der Waals surface area contributed by atoms with E-state index in [4.69, 9.17) is 6.57 Å². The number of benzene rings is 5. The van der Waals surface area contributed by atoms with Crippen LogP contribution in [0.5, 0.6) is 0 Å². The molecule has 38 heavy (non-hydrogen) atoms. The molecule has 1 aliphatic rings. The Morgan fingerprint density at radius 1 is 0.605 bits per heavy atom. The van der Waals surface area contributed by atoms with E-state index in [0.29, 0.717) is 5.69 Å². The SMILES string of the molecule is [C-]#[N+]c1ccc2c(c1)-n1c3ccccc3c3c1c(cc1c4ccccc4n(-c4ccccc4)c13)N2C(C)C. The monoisotopic (exact) mass is 488 g/mol. The molecule has 0 bridgehead atoms. The van der Waals surface area contributed by atoms with Crippen molar-refractivity contribution in [2.45, 2.75) is 19.9 Å². The maximum Gasteiger partial charge on any atom is 0.189 e. The van der Waals surface area contributed by atoms with E-state index in [1.165, 1.54) is 43.8 Å². The van der Waals surface area contributed by atoms with Gasteiger partial charge in [0.15, 0.2) is 5.69 Å². The lowest BCUT2D eigenvalue weighted by molar-refractivity contribution is 0.782. The summed E-state index contributed by atoms with van der Waals surface area (Å²) in [5.74, 6) is 0. The minimum Gasteiger partial charge on any atom is -0.336 e. The Morgan fingerprint density at radius 3 is 2.03 bits per heavy atom. The van der Waals surface area contributed by atoms with Gasteiger partial charge >= 0.3 is 0 Å². The van der Waals surface area contributed by atoms with Crippen LogP contribution in [0.25, 0.3) is 59.8 Å². The first-order valence-electron chi connectivity index (χ1n) is 13.0. The van der Waals surface area contributed by atoms with Crippen LogP contribution in [0.4, 0.5) is 17.1 Å². The Balaban J connectivity index is 1.69. The van der Waals surface area contributed by atoms with Gasteiger partial charge in [0.2, 0.25) is 0 Å². The average Bonchev–Trinajstić information content (AvgIpc) is 3.47. The minimum absolute atomic E-state index is 0.238. The highest BCUT2D eigenvalue weighted by atomic mass is 15.2. The maximum atomic E-state index is 7.70. The fourth-order valence-electron chi connectivity index (χ4n) is 6.51. The molecule has 3 heterocycles. The molecule has 180 valence electrons. The van der Waals surface area contributed by atoms with Crippen molar-refractivity contribution in [1.29, 1.82) is 0 Å². The van der Waals surface area contributed by atoms with Gasteiger partial charge in [-0.1, -0.05) is 60.7 Å². The van der Waals surface area contributed by atoms with Gasteiger partial charge in [-0.05, 0) is 56.3 Å². The molecule has 0 amide bonds. The molecular formula is C34H24N4. The maximum absolute atomic E-state index is 7.70. The normalized spacial score (nSPS) is 12.6. The number of hydrogen-bond donors (Lipinski definition) is 0. The summed E-state index contributed by atoms with van der Waals surface area (Å²) >= 11 is 0. The lowest BCUT2D eigenvalue weighted by Crippen LogP contribution is -2.29. The highest BCUT2D eigenvalue weighted by molar-refractivity contribution is 6.30. The molecule has 0 N–H and O–H groups in total. The molecule has 5 aromatic carbocycles. The van der Waals surface area contributed by atoms with Crippen LogP contribution in [0, 0.1) is 6.57 Å². The van der Waals surface area contributed by atoms with Crippen molar-refractivity contribution in [1.82, 2.24) is 9.13 Å². The van der Waals surface area contributed by atoms with Crippen LogP contribution in [0.1, 0.15) is 13.8 Å². The first-order chi connectivity index (χ1) is 18.7. The highest BCUT2D eigenvalue weighted by Crippen LogP contribution is 2.52. The fraction of sp³-hybridized carbons (Fsp3) is 0.0882. The van der Waals surface area contributed by atoms with Crippen molar-refractivity contribution in [2.75, 3.05) is 4.90 Å². The highest BCUT2D eigenvalue weighted by Gasteiger charge is 2.32. The average molecular weight is 489 g/mol. The summed E-state index contributed by atoms with van der Waals surface area (Å²) < 4.78 is 4.81. The Labute approximate surface area is 220 Å². The van der Waals surface area contributed by atoms with Gasteiger partial charge in [0.1, 0.15) is 0 Å². The van der Waals surface area contributed by atoms with Gasteiger partial charge in [-0.3, -0.25) is 0 Å². The van der Waals surface area contributed by atoms with Gasteiger partial charge in [0.05, 0.1) is 45.7 Å². The van der Waals surface area contributed by atoms with Crippen LogP contribution in [-0.4, -0.2) is 15.2 Å². The Kier molecular flexibility index (Phi) is 4.17. The summed E-state index contributed by atoms with van der Waals surface area (Å²) in [7, 11) is 0. The zero-order valence-electron chi connectivity index (χ0n) is 21.2. The molecule has 1 aliphatic heterocycles. The molecule has 0 saturated carbocycles. The number of nitrogens with zero attached hydrogens (tertiary/aromatic N) is 4. The zero-order chi connectivity index (χ0) is 25.5. The lowest BCUT2D eigenvalue weighted by Gasteiger charge is -2.36. The Bertz CT molecular complexity index is 2120. The predicted molar refractivity (Wildman–Crippen MR) is 159 cm³/mol. The van der Waals surface area contributed by atoms with Gasteiger partial charge in [-0.15, -0.1) is 0 Å². The number of anilines is 2. The Hall–Kier alpha value is -5.01. The van der Waals surface area contributed by atoms with Gasteiger partial charge in [-0.2, -0.15) is 0 Å². The molecule has 7 aromatic rings. The standard InChI is InChI=1S/C34H24N4/c1-21(2)36-29-18-17-22(35-3)19-30(29)38-28-16-10-8-14-25(28)32-33-26(20-31(36)34(32)38)24-13-7-9-15-27(24)37(33)23-11-5-4-6-12-23/h4-21H,1-2H3. The summed E-state index contributed by atoms with van der Waals surface area (Å²) in [5, 5.41) is 4.97. The third kappa shape index (κ3) is 2.58. The molecule has 4 nitrogen and oxygen atoms in total. The molecule has 0 spiro atoms. The van der Waals surface area contributed by atoms with Crippen molar-refractivity contribution in [3.63, 3.8) is 0 Å². The number of rotatable bonds is 2. The van der Waals surface area contributed by atoms with Crippen LogP contribution in [0.15, 0.2) is 103 Å². The van der Waals surface area contributed by atoms with E-state index in [0.717, 1.165) is 22.6 Å². The van der Waals surface area contributed by atoms with Crippen molar-refractivity contribution < 1.29 is 0 Å². The van der Waals surface area contributed by atoms with E-state index in [2.05, 4.69) is 124 Å². The zero-order valence-corrected chi connectivity index (χ0v) is 21.2. The van der Waals surface area contributed by atoms with Crippen molar-refractivity contribution >= 4 is 60.7 Å². The van der Waals surface area contributed by atoms with Crippen molar-refractivity contribution in [3.8, 4) is 11.4 Å². The second-order valence-electron chi connectivity index (χ2n) is 10.3. The lowest BCUT2D eigenvalue weighted by atomic mass is 10.0. The van der Waals surface area contributed by atoms with Gasteiger partial charge in [0, 0.05) is 33.3 Å². The van der Waals surface area contributed by atoms with Gasteiger partial charge in [0.25, 0.3) is 0 Å². The molecule has 0 radical (unpaired) electrons. The quantitative estimate of drug-likeness (QED) is 0.222. The van der Waals surface area contributed by atoms with Crippen molar-refractivity contribution in [2.24, 2.45) is 0 Å². The van der Waals surface area contributed by atoms with Crippen molar-refractivity contribution in [3.05, 3.63) is 115 Å². The molecule has 0 aliphatic carbocycles. The summed E-state index contributed by atoms with van der Waals surface area (Å²) in [6, 6.07) is 36.8. The largest absolute Gasteiger partial charge is 0.336 e. The van der Waals surface area contributed by atoms with Crippen LogP contribution in [-0.2, 0) is 0 Å². The van der Waals surface area contributed by atoms with E-state index >= 15 is 0 Å². The molecule has 4 heteroatoms. The topological polar surface area (TPSA) is 17.5 Å². The smallest absolute Gasteiger partial charge is 0.189 e. The number of aromatic nitrogens is 2. The summed E-state index contributed by atoms with van der Waals surface area (Å²) in [6.45, 7) is 12.2. The van der Waals surface area contributed by atoms with Crippen LogP contribution in [0.3, 0.4) is 0 Å². The first-order valence-corrected chi connectivity index (χ1v) is 13.0. The van der Waals surface area contributed by atoms with Crippen LogP contribution >= 0.6 is 0 Å². The third-order valence-electron chi connectivity index (χ3n) is 7.93. The molecular weight excluding hydrogens is 464 g/mol. The van der Waals surface area contributed by atoms with E-state index in [-0.39, 0.29) is 6.04 Å². The summed E-state index contributed by atoms with van der Waals surface area (Å²) in [4.78, 5) is 6.22. The van der Waals surface area contributed by atoms with E-state index in [1.807, 2.05) is 12.1 Å². The molecule has 0 fully saturated rings. The molecule has 0 unspecified atom stereocenters. The second kappa shape index (κ2) is 7.50. The number of para-hydroxylation sites is 3. The van der Waals surface area contributed by atoms with Crippen LogP contribution in [0.2, 0.25) is 0 Å². The van der Waals surface area contributed by atoms with Crippen LogP contribution < -0.4 is 4.90 Å². The molecule has 8 rings (SSSR count). The third-order valence-corrected chi connectivity index (χ3v) is 7.93.